The van der Waals surface area contributed by atoms with Gasteiger partial charge in [0.25, 0.3) is 11.6 Å². The number of amidine groups is 1. The third kappa shape index (κ3) is 5.54. The quantitative estimate of drug-likeness (QED) is 0.155. The number of nitro groups is 1. The van der Waals surface area contributed by atoms with Crippen molar-refractivity contribution in [1.82, 2.24) is 4.90 Å². The molecule has 7 nitrogen and oxygen atoms in total. The van der Waals surface area contributed by atoms with Crippen LogP contribution in [-0.2, 0) is 17.9 Å². The normalized spacial score (nSPS) is 15.6. The maximum absolute atomic E-state index is 13.4. The Balaban J connectivity index is 1.44. The third-order valence-electron chi connectivity index (χ3n) is 5.91. The predicted molar refractivity (Wildman–Crippen MR) is 146 cm³/mol. The van der Waals surface area contributed by atoms with Crippen LogP contribution in [0.4, 0.5) is 5.69 Å². The maximum Gasteiger partial charge on any atom is 0.270 e. The zero-order valence-corrected chi connectivity index (χ0v) is 20.9. The van der Waals surface area contributed by atoms with Crippen molar-refractivity contribution in [2.45, 2.75) is 20.0 Å². The molecule has 5 rings (SSSR count). The lowest BCUT2D eigenvalue weighted by Crippen LogP contribution is -2.28. The molecule has 184 valence electrons. The number of thioether (sulfide) groups is 1. The minimum Gasteiger partial charge on any atom is -0.457 e. The topological polar surface area (TPSA) is 89.0 Å². The SMILES string of the molecule is Cc1ccc([N+](=O)[O-])cc1-c1ccc(/C=C2\SC(=NCc3ccccc3)N(Cc3ccccc3)C2=O)o1. The van der Waals surface area contributed by atoms with Crippen LogP contribution in [-0.4, -0.2) is 20.9 Å². The van der Waals surface area contributed by atoms with Crippen molar-refractivity contribution in [3.05, 3.63) is 128 Å². The number of aliphatic imine (C=N–C) groups is 1. The first kappa shape index (κ1) is 24.3. The van der Waals surface area contributed by atoms with Gasteiger partial charge in [0.2, 0.25) is 0 Å². The molecule has 4 aromatic rings. The van der Waals surface area contributed by atoms with Crippen molar-refractivity contribution in [3.8, 4) is 11.3 Å². The standard InChI is InChI=1S/C29H23N3O4S/c1-20-12-13-23(32(34)35)16-25(20)26-15-14-24(36-26)17-27-28(33)31(19-22-10-6-3-7-11-22)29(37-27)30-18-21-8-4-2-5-9-21/h2-17H,18-19H2,1H3/b27-17-,30-29?. The van der Waals surface area contributed by atoms with Crippen LogP contribution in [0.15, 0.2) is 105 Å². The van der Waals surface area contributed by atoms with Gasteiger partial charge in [0, 0.05) is 23.8 Å². The number of furan rings is 1. The van der Waals surface area contributed by atoms with E-state index in [1.165, 1.54) is 23.9 Å². The van der Waals surface area contributed by atoms with Crippen LogP contribution in [0.1, 0.15) is 22.5 Å². The first-order valence-electron chi connectivity index (χ1n) is 11.7. The average Bonchev–Trinajstić information content (AvgIpc) is 3.49. The molecular formula is C29H23N3O4S. The summed E-state index contributed by atoms with van der Waals surface area (Å²) in [5.41, 5.74) is 3.55. The van der Waals surface area contributed by atoms with Gasteiger partial charge in [-0.05, 0) is 47.5 Å². The lowest BCUT2D eigenvalue weighted by Gasteiger charge is -2.15. The molecule has 2 heterocycles. The average molecular weight is 510 g/mol. The van der Waals surface area contributed by atoms with Crippen LogP contribution in [0.25, 0.3) is 17.4 Å². The van der Waals surface area contributed by atoms with Crippen molar-refractivity contribution in [2.24, 2.45) is 4.99 Å². The van der Waals surface area contributed by atoms with E-state index in [2.05, 4.69) is 0 Å². The summed E-state index contributed by atoms with van der Waals surface area (Å²) in [6.45, 7) is 2.74. The smallest absolute Gasteiger partial charge is 0.270 e. The number of nitro benzene ring substituents is 1. The zero-order chi connectivity index (χ0) is 25.8. The molecule has 0 bridgehead atoms. The first-order valence-corrected chi connectivity index (χ1v) is 12.5. The number of amides is 1. The summed E-state index contributed by atoms with van der Waals surface area (Å²) in [4.78, 5) is 31.1. The molecule has 0 saturated carbocycles. The molecule has 0 radical (unpaired) electrons. The predicted octanol–water partition coefficient (Wildman–Crippen LogP) is 6.84. The van der Waals surface area contributed by atoms with E-state index in [9.17, 15) is 14.9 Å². The second-order valence-corrected chi connectivity index (χ2v) is 9.54. The van der Waals surface area contributed by atoms with Gasteiger partial charge in [-0.25, -0.2) is 0 Å². The number of benzene rings is 3. The summed E-state index contributed by atoms with van der Waals surface area (Å²) >= 11 is 1.31. The molecule has 8 heteroatoms. The van der Waals surface area contributed by atoms with Crippen molar-refractivity contribution >= 4 is 34.6 Å². The molecule has 37 heavy (non-hydrogen) atoms. The second kappa shape index (κ2) is 10.7. The summed E-state index contributed by atoms with van der Waals surface area (Å²) in [6.07, 6.45) is 1.70. The lowest BCUT2D eigenvalue weighted by atomic mass is 10.1. The number of nitrogens with zero attached hydrogens (tertiary/aromatic N) is 3. The molecule has 1 amide bonds. The maximum atomic E-state index is 13.4. The van der Waals surface area contributed by atoms with Crippen LogP contribution in [0.5, 0.6) is 0 Å². The van der Waals surface area contributed by atoms with Crippen molar-refractivity contribution in [2.75, 3.05) is 0 Å². The second-order valence-electron chi connectivity index (χ2n) is 8.53. The first-order chi connectivity index (χ1) is 18.0. The van der Waals surface area contributed by atoms with Gasteiger partial charge in [-0.2, -0.15) is 0 Å². The zero-order valence-electron chi connectivity index (χ0n) is 20.0. The molecule has 0 spiro atoms. The molecule has 1 fully saturated rings. The summed E-state index contributed by atoms with van der Waals surface area (Å²) < 4.78 is 5.99. The van der Waals surface area contributed by atoms with E-state index >= 15 is 0 Å². The Bertz CT molecular complexity index is 1510. The summed E-state index contributed by atoms with van der Waals surface area (Å²) in [6, 6.07) is 27.9. The third-order valence-corrected chi connectivity index (χ3v) is 6.95. The summed E-state index contributed by atoms with van der Waals surface area (Å²) in [7, 11) is 0. The Kier molecular flexibility index (Phi) is 7.00. The molecule has 0 aliphatic carbocycles. The van der Waals surface area contributed by atoms with Gasteiger partial charge in [-0.1, -0.05) is 66.7 Å². The van der Waals surface area contributed by atoms with Crippen molar-refractivity contribution in [3.63, 3.8) is 0 Å². The number of hydrogen-bond donors (Lipinski definition) is 0. The highest BCUT2D eigenvalue weighted by Crippen LogP contribution is 2.35. The lowest BCUT2D eigenvalue weighted by molar-refractivity contribution is -0.384. The van der Waals surface area contributed by atoms with Gasteiger partial charge in [0.15, 0.2) is 5.17 Å². The van der Waals surface area contributed by atoms with E-state index < -0.39 is 4.92 Å². The Morgan fingerprint density at radius 3 is 2.38 bits per heavy atom. The molecule has 1 aliphatic rings. The van der Waals surface area contributed by atoms with Crippen molar-refractivity contribution in [1.29, 1.82) is 0 Å². The van der Waals surface area contributed by atoms with Gasteiger partial charge < -0.3 is 4.42 Å². The van der Waals surface area contributed by atoms with E-state index in [1.54, 1.807) is 29.2 Å². The number of carbonyl (C=O) groups excluding carboxylic acids is 1. The van der Waals surface area contributed by atoms with E-state index in [4.69, 9.17) is 9.41 Å². The minimum atomic E-state index is -0.430. The highest BCUT2D eigenvalue weighted by molar-refractivity contribution is 8.18. The van der Waals surface area contributed by atoms with Gasteiger partial charge >= 0.3 is 0 Å². The number of aryl methyl sites for hydroxylation is 1. The van der Waals surface area contributed by atoms with Crippen LogP contribution in [0.3, 0.4) is 0 Å². The van der Waals surface area contributed by atoms with E-state index in [1.807, 2.05) is 67.6 Å². The Morgan fingerprint density at radius 1 is 0.973 bits per heavy atom. The van der Waals surface area contributed by atoms with Gasteiger partial charge in [-0.15, -0.1) is 0 Å². The number of non-ortho nitro benzene ring substituents is 1. The number of carbonyl (C=O) groups is 1. The summed E-state index contributed by atoms with van der Waals surface area (Å²) in [5, 5.41) is 11.8. The van der Waals surface area contributed by atoms with Crippen molar-refractivity contribution < 1.29 is 14.1 Å². The van der Waals surface area contributed by atoms with Gasteiger partial charge in [0.1, 0.15) is 11.5 Å². The molecule has 1 aliphatic heterocycles. The fraction of sp³-hybridized carbons (Fsp3) is 0.103. The fourth-order valence-electron chi connectivity index (χ4n) is 3.97. The highest BCUT2D eigenvalue weighted by atomic mass is 32.2. The molecule has 1 aromatic heterocycles. The minimum absolute atomic E-state index is 0.00532. The van der Waals surface area contributed by atoms with E-state index in [0.29, 0.717) is 40.2 Å². The van der Waals surface area contributed by atoms with Crippen LogP contribution < -0.4 is 0 Å². The molecule has 3 aromatic carbocycles. The van der Waals surface area contributed by atoms with Gasteiger partial charge in [0.05, 0.1) is 22.9 Å². The van der Waals surface area contributed by atoms with E-state index in [-0.39, 0.29) is 11.6 Å². The van der Waals surface area contributed by atoms with E-state index in [0.717, 1.165) is 16.7 Å². The monoisotopic (exact) mass is 509 g/mol. The Morgan fingerprint density at radius 2 is 1.68 bits per heavy atom. The van der Waals surface area contributed by atoms with Crippen LogP contribution in [0.2, 0.25) is 0 Å². The van der Waals surface area contributed by atoms with Gasteiger partial charge in [-0.3, -0.25) is 24.8 Å². The Labute approximate surface area is 218 Å². The molecule has 0 unspecified atom stereocenters. The highest BCUT2D eigenvalue weighted by Gasteiger charge is 2.33. The number of rotatable bonds is 7. The van der Waals surface area contributed by atoms with Crippen LogP contribution in [0, 0.1) is 17.0 Å². The summed E-state index contributed by atoms with van der Waals surface area (Å²) in [5.74, 6) is 0.841. The molecule has 0 atom stereocenters. The fourth-order valence-corrected chi connectivity index (χ4v) is 4.92. The molecule has 1 saturated heterocycles. The molecule has 0 N–H and O–H groups in total. The number of hydrogen-bond acceptors (Lipinski definition) is 6. The Hall–Kier alpha value is -4.43. The largest absolute Gasteiger partial charge is 0.457 e. The van der Waals surface area contributed by atoms with Crippen LogP contribution >= 0.6 is 11.8 Å². The molecular weight excluding hydrogens is 486 g/mol.